The van der Waals surface area contributed by atoms with Crippen LogP contribution in [0.1, 0.15) is 28.7 Å². The summed E-state index contributed by atoms with van der Waals surface area (Å²) in [6.07, 6.45) is 4.83. The van der Waals surface area contributed by atoms with Crippen LogP contribution in [0.15, 0.2) is 60.9 Å². The van der Waals surface area contributed by atoms with Crippen molar-refractivity contribution in [1.29, 1.82) is 0 Å². The Bertz CT molecular complexity index is 792. The van der Waals surface area contributed by atoms with Crippen molar-refractivity contribution in [3.05, 3.63) is 77.6 Å². The Hall–Kier alpha value is -2.23. The van der Waals surface area contributed by atoms with Crippen molar-refractivity contribution in [2.24, 2.45) is 5.84 Å². The summed E-state index contributed by atoms with van der Waals surface area (Å²) in [6.45, 7) is 0. The first-order valence-electron chi connectivity index (χ1n) is 7.25. The monoisotopic (exact) mass is 275 g/mol. The fourth-order valence-corrected chi connectivity index (χ4v) is 3.43. The van der Waals surface area contributed by atoms with Gasteiger partial charge in [-0.05, 0) is 34.6 Å². The van der Waals surface area contributed by atoms with Crippen molar-refractivity contribution < 1.29 is 0 Å². The zero-order valence-corrected chi connectivity index (χ0v) is 11.7. The molecule has 21 heavy (non-hydrogen) atoms. The topological polar surface area (TPSA) is 50.9 Å². The predicted octanol–water partition coefficient (Wildman–Crippen LogP) is 3.08. The van der Waals surface area contributed by atoms with Gasteiger partial charge in [0.2, 0.25) is 0 Å². The van der Waals surface area contributed by atoms with Gasteiger partial charge in [-0.25, -0.2) is 0 Å². The molecule has 0 saturated heterocycles. The molecule has 4 rings (SSSR count). The standard InChI is InChI=1S/C18H17N3/c19-21-18(16-10-13-4-1-2-6-14(13)16)15-7-3-5-12-8-9-20-11-17(12)15/h1-9,11,16,18,21H,10,19H2. The smallest absolute Gasteiger partial charge is 0.0538 e. The molecule has 0 bridgehead atoms. The molecule has 2 atom stereocenters. The van der Waals surface area contributed by atoms with E-state index >= 15 is 0 Å². The van der Waals surface area contributed by atoms with E-state index in [4.69, 9.17) is 5.84 Å². The van der Waals surface area contributed by atoms with Crippen LogP contribution in [-0.4, -0.2) is 4.98 Å². The first-order chi connectivity index (χ1) is 10.4. The number of rotatable bonds is 3. The molecule has 0 aliphatic heterocycles. The lowest BCUT2D eigenvalue weighted by molar-refractivity contribution is 0.421. The minimum Gasteiger partial charge on any atom is -0.271 e. The fourth-order valence-electron chi connectivity index (χ4n) is 3.43. The highest BCUT2D eigenvalue weighted by atomic mass is 15.2. The molecule has 1 aliphatic rings. The van der Waals surface area contributed by atoms with Crippen LogP contribution < -0.4 is 11.3 Å². The van der Waals surface area contributed by atoms with Gasteiger partial charge >= 0.3 is 0 Å². The third kappa shape index (κ3) is 1.94. The zero-order valence-electron chi connectivity index (χ0n) is 11.7. The van der Waals surface area contributed by atoms with Gasteiger partial charge in [0.1, 0.15) is 0 Å². The van der Waals surface area contributed by atoms with E-state index in [9.17, 15) is 0 Å². The Balaban J connectivity index is 1.80. The van der Waals surface area contributed by atoms with E-state index in [0.717, 1.165) is 6.42 Å². The van der Waals surface area contributed by atoms with Crippen molar-refractivity contribution in [1.82, 2.24) is 10.4 Å². The Morgan fingerprint density at radius 1 is 1.10 bits per heavy atom. The first-order valence-corrected chi connectivity index (χ1v) is 7.25. The normalized spacial score (nSPS) is 18.0. The van der Waals surface area contributed by atoms with E-state index in [-0.39, 0.29) is 6.04 Å². The van der Waals surface area contributed by atoms with Crippen LogP contribution in [0.5, 0.6) is 0 Å². The van der Waals surface area contributed by atoms with Crippen LogP contribution in [0.3, 0.4) is 0 Å². The summed E-state index contributed by atoms with van der Waals surface area (Å²) in [5.74, 6) is 6.32. The SMILES string of the molecule is NNC(c1cccc2ccncc12)C1Cc2ccccc21. The van der Waals surface area contributed by atoms with E-state index in [1.54, 1.807) is 0 Å². The van der Waals surface area contributed by atoms with Crippen LogP contribution in [0.2, 0.25) is 0 Å². The molecular formula is C18H17N3. The van der Waals surface area contributed by atoms with Gasteiger partial charge in [0.15, 0.2) is 0 Å². The highest BCUT2D eigenvalue weighted by Crippen LogP contribution is 2.44. The van der Waals surface area contributed by atoms with Crippen molar-refractivity contribution in [2.45, 2.75) is 18.4 Å². The summed E-state index contributed by atoms with van der Waals surface area (Å²) >= 11 is 0. The number of nitrogens with one attached hydrogen (secondary N) is 1. The van der Waals surface area contributed by atoms with E-state index in [1.165, 1.54) is 27.5 Å². The molecule has 1 aromatic heterocycles. The molecule has 0 fully saturated rings. The van der Waals surface area contributed by atoms with Crippen LogP contribution in [0.25, 0.3) is 10.8 Å². The van der Waals surface area contributed by atoms with Gasteiger partial charge in [-0.1, -0.05) is 42.5 Å². The number of aromatic nitrogens is 1. The van der Waals surface area contributed by atoms with Gasteiger partial charge in [0.05, 0.1) is 6.04 Å². The number of nitrogens with two attached hydrogens (primary N) is 1. The summed E-state index contributed by atoms with van der Waals surface area (Å²) in [4.78, 5) is 4.27. The number of benzene rings is 2. The molecule has 3 nitrogen and oxygen atoms in total. The van der Waals surface area contributed by atoms with E-state index in [0.29, 0.717) is 5.92 Å². The molecule has 1 heterocycles. The maximum atomic E-state index is 5.89. The Labute approximate surface area is 123 Å². The van der Waals surface area contributed by atoms with Gasteiger partial charge in [0.25, 0.3) is 0 Å². The van der Waals surface area contributed by atoms with Crippen LogP contribution in [0.4, 0.5) is 0 Å². The molecule has 104 valence electrons. The molecule has 2 unspecified atom stereocenters. The van der Waals surface area contributed by atoms with Gasteiger partial charge in [-0.3, -0.25) is 16.3 Å². The Morgan fingerprint density at radius 3 is 2.86 bits per heavy atom. The summed E-state index contributed by atoms with van der Waals surface area (Å²) in [7, 11) is 0. The molecule has 0 radical (unpaired) electrons. The molecule has 3 heteroatoms. The third-order valence-corrected chi connectivity index (χ3v) is 4.53. The lowest BCUT2D eigenvalue weighted by Gasteiger charge is -2.36. The molecule has 2 aromatic carbocycles. The predicted molar refractivity (Wildman–Crippen MR) is 84.7 cm³/mol. The average molecular weight is 275 g/mol. The summed E-state index contributed by atoms with van der Waals surface area (Å²) in [5.41, 5.74) is 7.09. The number of hydrogen-bond donors (Lipinski definition) is 2. The Morgan fingerprint density at radius 2 is 2.00 bits per heavy atom. The minimum atomic E-state index is 0.118. The van der Waals surface area contributed by atoms with Gasteiger partial charge in [-0.2, -0.15) is 0 Å². The minimum absolute atomic E-state index is 0.118. The van der Waals surface area contributed by atoms with Gasteiger partial charge in [-0.15, -0.1) is 0 Å². The van der Waals surface area contributed by atoms with Crippen molar-refractivity contribution in [3.63, 3.8) is 0 Å². The largest absolute Gasteiger partial charge is 0.271 e. The second-order valence-electron chi connectivity index (χ2n) is 5.60. The average Bonchev–Trinajstić information content (AvgIpc) is 2.52. The molecule has 3 N–H and O–H groups in total. The molecule has 0 spiro atoms. The van der Waals surface area contributed by atoms with Crippen molar-refractivity contribution in [3.8, 4) is 0 Å². The first kappa shape index (κ1) is 12.5. The van der Waals surface area contributed by atoms with Crippen LogP contribution >= 0.6 is 0 Å². The van der Waals surface area contributed by atoms with Gasteiger partial charge < -0.3 is 0 Å². The number of fused-ring (bicyclic) bond motifs is 2. The maximum absolute atomic E-state index is 5.89. The summed E-state index contributed by atoms with van der Waals surface area (Å²) in [5, 5.41) is 2.38. The number of hydrazine groups is 1. The molecular weight excluding hydrogens is 258 g/mol. The highest BCUT2D eigenvalue weighted by Gasteiger charge is 2.33. The lowest BCUT2D eigenvalue weighted by Crippen LogP contribution is -2.37. The zero-order chi connectivity index (χ0) is 14.2. The number of nitrogens with zero attached hydrogens (tertiary/aromatic N) is 1. The fraction of sp³-hybridized carbons (Fsp3) is 0.167. The van der Waals surface area contributed by atoms with E-state index in [1.807, 2.05) is 18.5 Å². The molecule has 0 amide bonds. The van der Waals surface area contributed by atoms with Gasteiger partial charge in [0, 0.05) is 23.7 Å². The number of pyridine rings is 1. The highest BCUT2D eigenvalue weighted by molar-refractivity contribution is 5.85. The molecule has 3 aromatic rings. The summed E-state index contributed by atoms with van der Waals surface area (Å²) in [6, 6.07) is 17.1. The summed E-state index contributed by atoms with van der Waals surface area (Å²) < 4.78 is 0. The van der Waals surface area contributed by atoms with E-state index in [2.05, 4.69) is 52.9 Å². The van der Waals surface area contributed by atoms with E-state index < -0.39 is 0 Å². The van der Waals surface area contributed by atoms with Crippen molar-refractivity contribution in [2.75, 3.05) is 0 Å². The molecule has 0 saturated carbocycles. The number of hydrogen-bond acceptors (Lipinski definition) is 3. The second-order valence-corrected chi connectivity index (χ2v) is 5.60. The molecule has 1 aliphatic carbocycles. The third-order valence-electron chi connectivity index (χ3n) is 4.53. The maximum Gasteiger partial charge on any atom is 0.0538 e. The Kier molecular flexibility index (Phi) is 2.95. The quantitative estimate of drug-likeness (QED) is 0.570. The van der Waals surface area contributed by atoms with Crippen LogP contribution in [-0.2, 0) is 6.42 Å². The van der Waals surface area contributed by atoms with Crippen LogP contribution in [0, 0.1) is 0 Å². The lowest BCUT2D eigenvalue weighted by atomic mass is 9.71. The second kappa shape index (κ2) is 4.95. The van der Waals surface area contributed by atoms with Crippen molar-refractivity contribution >= 4 is 10.8 Å².